The smallest absolute Gasteiger partial charge is 0.123 e. The molecule has 0 saturated heterocycles. The first-order valence-electron chi connectivity index (χ1n) is 4.15. The minimum atomic E-state index is 0. The Balaban J connectivity index is 0. The van der Waals surface area contributed by atoms with Gasteiger partial charge >= 0.3 is 0 Å². The first kappa shape index (κ1) is 15.9. The standard InChI is InChI=1S/C9H15N3.2ClH/c1-7-5-8(3-2-4-10)12-9(11)6-7;;/h5-6H,2-4,10H2,1H3,(H2,11,12);2*1H. The molecule has 0 aliphatic carbocycles. The van der Waals surface area contributed by atoms with Gasteiger partial charge in [-0.1, -0.05) is 0 Å². The highest BCUT2D eigenvalue weighted by Crippen LogP contribution is 2.07. The van der Waals surface area contributed by atoms with Crippen molar-refractivity contribution >= 4 is 30.6 Å². The number of aromatic nitrogens is 1. The van der Waals surface area contributed by atoms with Crippen LogP contribution in [0.1, 0.15) is 17.7 Å². The summed E-state index contributed by atoms with van der Waals surface area (Å²) in [5.41, 5.74) is 13.2. The van der Waals surface area contributed by atoms with Crippen molar-refractivity contribution < 1.29 is 0 Å². The summed E-state index contributed by atoms with van der Waals surface area (Å²) < 4.78 is 0. The molecule has 5 heteroatoms. The van der Waals surface area contributed by atoms with E-state index in [4.69, 9.17) is 11.5 Å². The van der Waals surface area contributed by atoms with E-state index in [1.807, 2.05) is 19.1 Å². The van der Waals surface area contributed by atoms with Crippen LogP contribution >= 0.6 is 24.8 Å². The fourth-order valence-electron chi connectivity index (χ4n) is 1.18. The Bertz CT molecular complexity index is 246. The van der Waals surface area contributed by atoms with Gasteiger partial charge in [0.1, 0.15) is 5.82 Å². The van der Waals surface area contributed by atoms with Crippen molar-refractivity contribution in [3.8, 4) is 0 Å². The Morgan fingerprint density at radius 3 is 2.43 bits per heavy atom. The molecule has 0 radical (unpaired) electrons. The molecule has 0 unspecified atom stereocenters. The summed E-state index contributed by atoms with van der Waals surface area (Å²) in [4.78, 5) is 4.19. The van der Waals surface area contributed by atoms with E-state index in [-0.39, 0.29) is 24.8 Å². The number of halogens is 2. The second kappa shape index (κ2) is 7.85. The lowest BCUT2D eigenvalue weighted by Gasteiger charge is -2.02. The molecule has 82 valence electrons. The van der Waals surface area contributed by atoms with E-state index < -0.39 is 0 Å². The zero-order valence-corrected chi connectivity index (χ0v) is 9.83. The monoisotopic (exact) mass is 237 g/mol. The highest BCUT2D eigenvalue weighted by molar-refractivity contribution is 5.85. The number of hydrogen-bond acceptors (Lipinski definition) is 3. The van der Waals surface area contributed by atoms with Gasteiger partial charge in [0.15, 0.2) is 0 Å². The van der Waals surface area contributed by atoms with Crippen LogP contribution in [0.4, 0.5) is 5.82 Å². The molecule has 4 N–H and O–H groups in total. The topological polar surface area (TPSA) is 64.9 Å². The van der Waals surface area contributed by atoms with Crippen molar-refractivity contribution in [2.75, 3.05) is 12.3 Å². The van der Waals surface area contributed by atoms with Gasteiger partial charge in [0, 0.05) is 5.69 Å². The van der Waals surface area contributed by atoms with Crippen LogP contribution in [0.25, 0.3) is 0 Å². The lowest BCUT2D eigenvalue weighted by atomic mass is 10.2. The van der Waals surface area contributed by atoms with Crippen LogP contribution in [0, 0.1) is 6.92 Å². The number of nitrogens with two attached hydrogens (primary N) is 2. The molecule has 14 heavy (non-hydrogen) atoms. The van der Waals surface area contributed by atoms with Crippen LogP contribution < -0.4 is 11.5 Å². The highest BCUT2D eigenvalue weighted by Gasteiger charge is 1.96. The van der Waals surface area contributed by atoms with Crippen molar-refractivity contribution in [2.45, 2.75) is 19.8 Å². The largest absolute Gasteiger partial charge is 0.384 e. The third-order valence-electron chi connectivity index (χ3n) is 1.68. The quantitative estimate of drug-likeness (QED) is 0.842. The Labute approximate surface area is 97.1 Å². The second-order valence-electron chi connectivity index (χ2n) is 2.95. The lowest BCUT2D eigenvalue weighted by Crippen LogP contribution is -2.03. The van der Waals surface area contributed by atoms with E-state index in [1.54, 1.807) is 0 Å². The molecule has 1 aromatic heterocycles. The van der Waals surface area contributed by atoms with Crippen LogP contribution in [0.2, 0.25) is 0 Å². The first-order valence-corrected chi connectivity index (χ1v) is 4.15. The second-order valence-corrected chi connectivity index (χ2v) is 2.95. The Hall–Kier alpha value is -0.510. The van der Waals surface area contributed by atoms with Crippen LogP contribution in [-0.2, 0) is 6.42 Å². The molecule has 0 fully saturated rings. The zero-order valence-electron chi connectivity index (χ0n) is 8.19. The SMILES string of the molecule is Cc1cc(N)nc(CCCN)c1.Cl.Cl. The maximum absolute atomic E-state index is 5.59. The minimum Gasteiger partial charge on any atom is -0.384 e. The number of rotatable bonds is 3. The number of nitrogen functional groups attached to an aromatic ring is 1. The molecule has 0 spiro atoms. The first-order chi connectivity index (χ1) is 5.72. The van der Waals surface area contributed by atoms with Gasteiger partial charge in [-0.05, 0) is 44.0 Å². The molecular weight excluding hydrogens is 221 g/mol. The third kappa shape index (κ3) is 5.27. The summed E-state index contributed by atoms with van der Waals surface area (Å²) in [6.07, 6.45) is 1.89. The fourth-order valence-corrected chi connectivity index (χ4v) is 1.18. The van der Waals surface area contributed by atoms with Crippen molar-refractivity contribution in [3.63, 3.8) is 0 Å². The van der Waals surface area contributed by atoms with Gasteiger partial charge in [0.25, 0.3) is 0 Å². The summed E-state index contributed by atoms with van der Waals surface area (Å²) in [5.74, 6) is 0.599. The summed E-state index contributed by atoms with van der Waals surface area (Å²) in [6, 6.07) is 3.91. The molecular formula is C9H17Cl2N3. The van der Waals surface area contributed by atoms with Gasteiger partial charge in [0.05, 0.1) is 0 Å². The maximum atomic E-state index is 5.59. The minimum absolute atomic E-state index is 0. The highest BCUT2D eigenvalue weighted by atomic mass is 35.5. The normalized spacial score (nSPS) is 8.71. The van der Waals surface area contributed by atoms with Gasteiger partial charge < -0.3 is 11.5 Å². The lowest BCUT2D eigenvalue weighted by molar-refractivity contribution is 0.810. The van der Waals surface area contributed by atoms with E-state index in [0.29, 0.717) is 12.4 Å². The number of nitrogens with zero attached hydrogens (tertiary/aromatic N) is 1. The van der Waals surface area contributed by atoms with Crippen LogP contribution in [0.5, 0.6) is 0 Å². The molecule has 3 nitrogen and oxygen atoms in total. The maximum Gasteiger partial charge on any atom is 0.123 e. The van der Waals surface area contributed by atoms with Gasteiger partial charge in [0.2, 0.25) is 0 Å². The summed E-state index contributed by atoms with van der Waals surface area (Å²) in [5, 5.41) is 0. The van der Waals surface area contributed by atoms with E-state index in [0.717, 1.165) is 24.1 Å². The zero-order chi connectivity index (χ0) is 8.97. The van der Waals surface area contributed by atoms with Crippen molar-refractivity contribution in [1.29, 1.82) is 0 Å². The third-order valence-corrected chi connectivity index (χ3v) is 1.68. The van der Waals surface area contributed by atoms with E-state index in [9.17, 15) is 0 Å². The number of anilines is 1. The molecule has 0 aliphatic rings. The van der Waals surface area contributed by atoms with E-state index in [2.05, 4.69) is 4.98 Å². The molecule has 1 rings (SSSR count). The van der Waals surface area contributed by atoms with Crippen LogP contribution in [-0.4, -0.2) is 11.5 Å². The van der Waals surface area contributed by atoms with Crippen molar-refractivity contribution in [3.05, 3.63) is 23.4 Å². The van der Waals surface area contributed by atoms with Crippen LogP contribution in [0.15, 0.2) is 12.1 Å². The molecule has 0 amide bonds. The number of hydrogen-bond donors (Lipinski definition) is 2. The van der Waals surface area contributed by atoms with Gasteiger partial charge in [-0.25, -0.2) is 4.98 Å². The average molecular weight is 238 g/mol. The molecule has 0 atom stereocenters. The predicted molar refractivity (Wildman–Crippen MR) is 65.3 cm³/mol. The van der Waals surface area contributed by atoms with Gasteiger partial charge in [-0.15, -0.1) is 24.8 Å². The Morgan fingerprint density at radius 2 is 1.93 bits per heavy atom. The summed E-state index contributed by atoms with van der Waals surface area (Å²) in [7, 11) is 0. The Kier molecular flexibility index (Phi) is 8.94. The molecule has 0 aliphatic heterocycles. The number of aryl methyl sites for hydroxylation is 2. The molecule has 1 heterocycles. The fraction of sp³-hybridized carbons (Fsp3) is 0.444. The van der Waals surface area contributed by atoms with Crippen LogP contribution in [0.3, 0.4) is 0 Å². The van der Waals surface area contributed by atoms with Gasteiger partial charge in [-0.3, -0.25) is 0 Å². The van der Waals surface area contributed by atoms with E-state index >= 15 is 0 Å². The molecule has 0 aromatic carbocycles. The van der Waals surface area contributed by atoms with Gasteiger partial charge in [-0.2, -0.15) is 0 Å². The van der Waals surface area contributed by atoms with Crippen molar-refractivity contribution in [1.82, 2.24) is 4.98 Å². The van der Waals surface area contributed by atoms with E-state index in [1.165, 1.54) is 0 Å². The molecule has 0 saturated carbocycles. The summed E-state index contributed by atoms with van der Waals surface area (Å²) in [6.45, 7) is 2.72. The van der Waals surface area contributed by atoms with Crippen molar-refractivity contribution in [2.24, 2.45) is 5.73 Å². The predicted octanol–water partition coefficient (Wildman–Crippen LogP) is 1.71. The molecule has 0 bridgehead atoms. The average Bonchev–Trinajstić information content (AvgIpc) is 1.99. The number of pyridine rings is 1. The summed E-state index contributed by atoms with van der Waals surface area (Å²) >= 11 is 0. The molecule has 1 aromatic rings. The Morgan fingerprint density at radius 1 is 1.29 bits per heavy atom.